The van der Waals surface area contributed by atoms with Gasteiger partial charge in [0, 0.05) is 40.6 Å². The third-order valence-electron chi connectivity index (χ3n) is 3.48. The van der Waals surface area contributed by atoms with Crippen LogP contribution in [0, 0.1) is 0 Å². The number of carbonyl (C=O) groups is 3. The second-order valence-electron chi connectivity index (χ2n) is 5.56. The minimum atomic E-state index is -3.50. The van der Waals surface area contributed by atoms with E-state index in [1.807, 2.05) is 0 Å². The zero-order valence-corrected chi connectivity index (χ0v) is 15.6. The monoisotopic (exact) mass is 434 g/mol. The van der Waals surface area contributed by atoms with Crippen molar-refractivity contribution in [3.63, 3.8) is 0 Å². The number of fused-ring (bicyclic) bond motifs is 1. The summed E-state index contributed by atoms with van der Waals surface area (Å²) < 4.78 is 24.8. The number of aromatic nitrogens is 1. The van der Waals surface area contributed by atoms with Crippen LogP contribution in [0.5, 0.6) is 0 Å². The Hall–Kier alpha value is -2.81. The molecule has 0 unspecified atom stereocenters. The molecule has 0 saturated heterocycles. The molecule has 1 aliphatic carbocycles. The molecule has 8 nitrogen and oxygen atoms in total. The normalized spacial score (nSPS) is 13.1. The molecule has 1 radical (unpaired) electrons. The van der Waals surface area contributed by atoms with Crippen LogP contribution in [0.3, 0.4) is 0 Å². The summed E-state index contributed by atoms with van der Waals surface area (Å²) in [5, 5.41) is 2.38. The van der Waals surface area contributed by atoms with Crippen LogP contribution in [-0.2, 0) is 27.1 Å². The molecule has 0 bridgehead atoms. The average Bonchev–Trinajstić information content (AvgIpc) is 2.58. The van der Waals surface area contributed by atoms with Crippen molar-refractivity contribution in [1.82, 2.24) is 10.3 Å². The Morgan fingerprint density at radius 3 is 2.56 bits per heavy atom. The van der Waals surface area contributed by atoms with Gasteiger partial charge in [0.1, 0.15) is 5.69 Å². The Kier molecular flexibility index (Phi) is 5.94. The van der Waals surface area contributed by atoms with Gasteiger partial charge in [-0.15, -0.1) is 0 Å². The number of Topliss-reactive ketones (excluding diaryl/α,β-unsaturated/α-hetero) is 1. The summed E-state index contributed by atoms with van der Waals surface area (Å²) in [5.41, 5.74) is 0.282. The van der Waals surface area contributed by atoms with E-state index in [0.717, 1.165) is 12.3 Å². The van der Waals surface area contributed by atoms with Crippen molar-refractivity contribution in [2.45, 2.75) is 0 Å². The Morgan fingerprint density at radius 2 is 1.85 bits per heavy atom. The zero-order valence-electron chi connectivity index (χ0n) is 13.8. The van der Waals surface area contributed by atoms with Crippen LogP contribution in [0.2, 0.25) is 0 Å². The molecular formula is C17H13CuN3O5S. The van der Waals surface area contributed by atoms with E-state index in [4.69, 9.17) is 0 Å². The summed E-state index contributed by atoms with van der Waals surface area (Å²) in [6, 6.07) is 8.76. The van der Waals surface area contributed by atoms with Crippen molar-refractivity contribution >= 4 is 33.2 Å². The smallest absolute Gasteiger partial charge is 0.255 e. The molecule has 1 aromatic heterocycles. The molecular weight excluding hydrogens is 422 g/mol. The van der Waals surface area contributed by atoms with Gasteiger partial charge in [0.25, 0.3) is 5.91 Å². The van der Waals surface area contributed by atoms with Crippen LogP contribution in [0.1, 0.15) is 31.2 Å². The van der Waals surface area contributed by atoms with Crippen LogP contribution in [0.4, 0.5) is 5.69 Å². The van der Waals surface area contributed by atoms with E-state index in [1.54, 1.807) is 6.07 Å². The Labute approximate surface area is 165 Å². The predicted octanol–water partition coefficient (Wildman–Crippen LogP) is 1.14. The van der Waals surface area contributed by atoms with Crippen molar-refractivity contribution in [1.29, 1.82) is 0 Å². The number of amides is 1. The predicted molar refractivity (Wildman–Crippen MR) is 93.4 cm³/mol. The number of pyridine rings is 1. The number of hydrogen-bond acceptors (Lipinski definition) is 6. The van der Waals surface area contributed by atoms with E-state index in [2.05, 4.69) is 15.0 Å². The van der Waals surface area contributed by atoms with Crippen molar-refractivity contribution in [2.24, 2.45) is 0 Å². The van der Waals surface area contributed by atoms with Gasteiger partial charge in [-0.3, -0.25) is 24.1 Å². The Balaban J connectivity index is 0.00000261. The van der Waals surface area contributed by atoms with Crippen LogP contribution in [0.25, 0.3) is 0 Å². The summed E-state index contributed by atoms with van der Waals surface area (Å²) in [4.78, 5) is 40.7. The largest absolute Gasteiger partial charge is 0.318 e. The first-order valence-electron chi connectivity index (χ1n) is 7.39. The Morgan fingerprint density at radius 1 is 1.11 bits per heavy atom. The number of rotatable bonds is 4. The molecule has 0 atom stereocenters. The molecule has 0 fully saturated rings. The molecule has 1 aliphatic rings. The van der Waals surface area contributed by atoms with Gasteiger partial charge in [-0.2, -0.15) is 0 Å². The molecule has 27 heavy (non-hydrogen) atoms. The van der Waals surface area contributed by atoms with E-state index >= 15 is 0 Å². The first kappa shape index (κ1) is 20.5. The number of nitrogens with zero attached hydrogens (tertiary/aromatic N) is 1. The van der Waals surface area contributed by atoms with Crippen LogP contribution >= 0.6 is 0 Å². The van der Waals surface area contributed by atoms with E-state index in [-0.39, 0.29) is 45.3 Å². The third kappa shape index (κ3) is 4.68. The molecule has 0 aliphatic heterocycles. The summed E-state index contributed by atoms with van der Waals surface area (Å²) in [7, 11) is -3.50. The minimum absolute atomic E-state index is 0. The molecule has 0 saturated carbocycles. The maximum atomic E-state index is 12.4. The van der Waals surface area contributed by atoms with Crippen molar-refractivity contribution < 1.29 is 39.9 Å². The molecule has 143 valence electrons. The van der Waals surface area contributed by atoms with Gasteiger partial charge in [-0.05, 0) is 30.3 Å². The van der Waals surface area contributed by atoms with Gasteiger partial charge in [-0.25, -0.2) is 8.42 Å². The second-order valence-corrected chi connectivity index (χ2v) is 7.31. The van der Waals surface area contributed by atoms with E-state index in [9.17, 15) is 22.8 Å². The van der Waals surface area contributed by atoms with E-state index in [1.165, 1.54) is 36.5 Å². The fourth-order valence-corrected chi connectivity index (χ4v) is 2.97. The van der Waals surface area contributed by atoms with Crippen molar-refractivity contribution in [3.8, 4) is 0 Å². The number of hydrogen-bond donors (Lipinski definition) is 2. The molecule has 1 aromatic carbocycles. The van der Waals surface area contributed by atoms with Gasteiger partial charge in [-0.1, -0.05) is 6.07 Å². The number of allylic oxidation sites excluding steroid dienone is 2. The van der Waals surface area contributed by atoms with Crippen LogP contribution < -0.4 is 10.0 Å². The topological polar surface area (TPSA) is 122 Å². The molecule has 2 N–H and O–H groups in total. The quantitative estimate of drug-likeness (QED) is 0.696. The molecule has 1 heterocycles. The molecule has 10 heteroatoms. The van der Waals surface area contributed by atoms with Crippen molar-refractivity contribution in [2.75, 3.05) is 11.0 Å². The first-order valence-corrected chi connectivity index (χ1v) is 9.29. The van der Waals surface area contributed by atoms with Gasteiger partial charge in [0.15, 0.2) is 5.78 Å². The second kappa shape index (κ2) is 7.83. The Bertz CT molecular complexity index is 1080. The molecule has 1 amide bonds. The third-order valence-corrected chi connectivity index (χ3v) is 4.09. The van der Waals surface area contributed by atoms with Crippen LogP contribution in [0.15, 0.2) is 54.4 Å². The molecule has 3 rings (SSSR count). The first-order chi connectivity index (χ1) is 12.2. The van der Waals surface area contributed by atoms with E-state index < -0.39 is 27.5 Å². The van der Waals surface area contributed by atoms with E-state index in [0.29, 0.717) is 0 Å². The molecule has 2 aromatic rings. The zero-order chi connectivity index (χ0) is 18.9. The minimum Gasteiger partial charge on any atom is -0.318 e. The fraction of sp³-hybridized carbons (Fsp3) is 0.0588. The maximum Gasteiger partial charge on any atom is 0.255 e. The number of carbonyl (C=O) groups excluding carboxylic acids is 3. The molecule has 0 spiro atoms. The number of anilines is 1. The van der Waals surface area contributed by atoms with Crippen molar-refractivity contribution in [3.05, 3.63) is 71.2 Å². The maximum absolute atomic E-state index is 12.4. The average molecular weight is 435 g/mol. The SMILES string of the molecule is CS(=O)(=O)Nc1cccc(C(=O)NC2=CC(=O)c3cccnc3C2=O)c1.[Cu]. The summed E-state index contributed by atoms with van der Waals surface area (Å²) >= 11 is 0. The van der Waals surface area contributed by atoms with Gasteiger partial charge in [0.05, 0.1) is 17.5 Å². The summed E-state index contributed by atoms with van der Waals surface area (Å²) in [6.07, 6.45) is 3.42. The fourth-order valence-electron chi connectivity index (χ4n) is 2.41. The van der Waals surface area contributed by atoms with Gasteiger partial charge < -0.3 is 5.32 Å². The number of ketones is 2. The van der Waals surface area contributed by atoms with Gasteiger partial charge in [0.2, 0.25) is 15.8 Å². The number of sulfonamides is 1. The van der Waals surface area contributed by atoms with Gasteiger partial charge >= 0.3 is 0 Å². The summed E-state index contributed by atoms with van der Waals surface area (Å²) in [6.45, 7) is 0. The van der Waals surface area contributed by atoms with Crippen LogP contribution in [-0.4, -0.2) is 37.1 Å². The summed E-state index contributed by atoms with van der Waals surface area (Å²) in [5.74, 6) is -1.66. The standard InChI is InChI=1S/C17H13N3O5S.Cu/c1-26(24,25)20-11-5-2-4-10(8-11)17(23)19-13-9-14(21)12-6-3-7-18-15(12)16(13)22;/h2-9,20H,1H3,(H,19,23);. The number of benzene rings is 1. The number of nitrogens with one attached hydrogen (secondary N) is 2.